The molecule has 0 saturated carbocycles. The first-order valence-corrected chi connectivity index (χ1v) is 8.67. The van der Waals surface area contributed by atoms with Gasteiger partial charge >= 0.3 is 0 Å². The van der Waals surface area contributed by atoms with E-state index in [2.05, 4.69) is 39.7 Å². The number of nitrogens with zero attached hydrogens (tertiary/aromatic N) is 1. The van der Waals surface area contributed by atoms with Crippen LogP contribution in [-0.4, -0.2) is 36.8 Å². The lowest BCUT2D eigenvalue weighted by atomic mass is 10.1. The lowest BCUT2D eigenvalue weighted by molar-refractivity contribution is -0.877. The van der Waals surface area contributed by atoms with Gasteiger partial charge in [-0.2, -0.15) is 0 Å². The number of unbranched alkanes of at least 4 members (excludes halogenated alkanes) is 7. The zero-order chi connectivity index (χ0) is 13.0. The Morgan fingerprint density at radius 3 is 1.78 bits per heavy atom. The summed E-state index contributed by atoms with van der Waals surface area (Å²) in [6.45, 7) is 5.89. The molecule has 0 spiro atoms. The van der Waals surface area contributed by atoms with Gasteiger partial charge < -0.3 is 16.9 Å². The second-order valence-corrected chi connectivity index (χ2v) is 7.00. The molecule has 0 saturated heterocycles. The van der Waals surface area contributed by atoms with E-state index in [1.807, 2.05) is 0 Å². The van der Waals surface area contributed by atoms with Crippen molar-refractivity contribution in [2.75, 3.05) is 32.3 Å². The Morgan fingerprint density at radius 1 is 0.778 bits per heavy atom. The van der Waals surface area contributed by atoms with Gasteiger partial charge in [-0.15, -0.1) is 11.8 Å². The van der Waals surface area contributed by atoms with Crippen LogP contribution in [0.15, 0.2) is 0 Å². The molecular weight excluding hydrogens is 262 g/mol. The predicted octanol–water partition coefficient (Wildman–Crippen LogP) is 1.92. The molecule has 0 aliphatic rings. The molecule has 0 aliphatic heterocycles. The third kappa shape index (κ3) is 14.7. The van der Waals surface area contributed by atoms with Crippen molar-refractivity contribution < 1.29 is 16.9 Å². The summed E-state index contributed by atoms with van der Waals surface area (Å²) in [5.41, 5.74) is 0. The standard InChI is InChI=1S/C15H34NS.ClH/c1-5-7-8-9-10-11-12-13-14-16(3,4)15-17-6-2;/h5-15H2,1-4H3;1H/q+1;/p-1. The van der Waals surface area contributed by atoms with E-state index >= 15 is 0 Å². The van der Waals surface area contributed by atoms with Gasteiger partial charge in [-0.25, -0.2) is 0 Å². The molecule has 112 valence electrons. The highest BCUT2D eigenvalue weighted by molar-refractivity contribution is 7.99. The van der Waals surface area contributed by atoms with Crippen molar-refractivity contribution in [3.05, 3.63) is 0 Å². The number of rotatable bonds is 12. The Balaban J connectivity index is 0. The van der Waals surface area contributed by atoms with E-state index in [4.69, 9.17) is 0 Å². The monoisotopic (exact) mass is 295 g/mol. The second kappa shape index (κ2) is 14.0. The minimum absolute atomic E-state index is 0. The van der Waals surface area contributed by atoms with E-state index in [-0.39, 0.29) is 12.4 Å². The van der Waals surface area contributed by atoms with E-state index in [1.54, 1.807) is 0 Å². The Hall–Kier alpha value is 0.600. The normalized spacial score (nSPS) is 11.3. The highest BCUT2D eigenvalue weighted by Gasteiger charge is 2.13. The van der Waals surface area contributed by atoms with Crippen molar-refractivity contribution in [2.24, 2.45) is 0 Å². The maximum atomic E-state index is 2.36. The van der Waals surface area contributed by atoms with Crippen molar-refractivity contribution in [1.82, 2.24) is 0 Å². The molecule has 0 bridgehead atoms. The zero-order valence-corrected chi connectivity index (χ0v) is 14.6. The van der Waals surface area contributed by atoms with Crippen LogP contribution in [0.1, 0.15) is 65.2 Å². The van der Waals surface area contributed by atoms with Crippen LogP contribution in [0.25, 0.3) is 0 Å². The lowest BCUT2D eigenvalue weighted by Gasteiger charge is -2.29. The summed E-state index contributed by atoms with van der Waals surface area (Å²) < 4.78 is 1.19. The molecule has 0 aromatic heterocycles. The summed E-state index contributed by atoms with van der Waals surface area (Å²) in [6.07, 6.45) is 11.4. The van der Waals surface area contributed by atoms with Crippen LogP contribution < -0.4 is 12.4 Å². The molecule has 0 radical (unpaired) electrons. The van der Waals surface area contributed by atoms with Gasteiger partial charge in [0.05, 0.1) is 20.6 Å². The number of thioether (sulfide) groups is 1. The van der Waals surface area contributed by atoms with Crippen LogP contribution >= 0.6 is 11.8 Å². The van der Waals surface area contributed by atoms with Crippen LogP contribution in [-0.2, 0) is 0 Å². The van der Waals surface area contributed by atoms with Crippen LogP contribution in [0, 0.1) is 0 Å². The Bertz CT molecular complexity index is 163. The van der Waals surface area contributed by atoms with E-state index in [0.717, 1.165) is 0 Å². The van der Waals surface area contributed by atoms with Crippen molar-refractivity contribution in [2.45, 2.75) is 65.2 Å². The number of hydrogen-bond acceptors (Lipinski definition) is 1. The third-order valence-electron chi connectivity index (χ3n) is 3.26. The van der Waals surface area contributed by atoms with Crippen molar-refractivity contribution >= 4 is 11.8 Å². The molecule has 0 fully saturated rings. The minimum Gasteiger partial charge on any atom is -1.00 e. The minimum atomic E-state index is 0. The zero-order valence-electron chi connectivity index (χ0n) is 13.0. The predicted molar refractivity (Wildman–Crippen MR) is 82.6 cm³/mol. The van der Waals surface area contributed by atoms with Crippen LogP contribution in [0.4, 0.5) is 0 Å². The first-order chi connectivity index (χ1) is 8.12. The molecule has 0 rings (SSSR count). The fraction of sp³-hybridized carbons (Fsp3) is 1.00. The van der Waals surface area contributed by atoms with Gasteiger partial charge in [0.2, 0.25) is 0 Å². The van der Waals surface area contributed by atoms with Crippen LogP contribution in [0.5, 0.6) is 0 Å². The summed E-state index contributed by atoms with van der Waals surface area (Å²) in [5.74, 6) is 2.52. The molecular formula is C15H34ClNS. The Kier molecular flexibility index (Phi) is 16.3. The van der Waals surface area contributed by atoms with Gasteiger partial charge in [-0.3, -0.25) is 0 Å². The summed E-state index contributed by atoms with van der Waals surface area (Å²) in [5, 5.41) is 0. The van der Waals surface area contributed by atoms with Gasteiger partial charge in [0.25, 0.3) is 0 Å². The molecule has 0 N–H and O–H groups in total. The molecule has 18 heavy (non-hydrogen) atoms. The van der Waals surface area contributed by atoms with Gasteiger partial charge in [-0.05, 0) is 18.6 Å². The Labute approximate surface area is 126 Å². The summed E-state index contributed by atoms with van der Waals surface area (Å²) >= 11 is 2.06. The second-order valence-electron chi connectivity index (χ2n) is 5.76. The quantitative estimate of drug-likeness (QED) is 0.301. The van der Waals surface area contributed by atoms with Crippen LogP contribution in [0.3, 0.4) is 0 Å². The van der Waals surface area contributed by atoms with Crippen molar-refractivity contribution in [1.29, 1.82) is 0 Å². The maximum absolute atomic E-state index is 2.36. The number of quaternary nitrogens is 1. The van der Waals surface area contributed by atoms with Crippen molar-refractivity contribution in [3.8, 4) is 0 Å². The molecule has 0 amide bonds. The number of hydrogen-bond donors (Lipinski definition) is 0. The smallest absolute Gasteiger partial charge is 0.125 e. The van der Waals surface area contributed by atoms with Gasteiger partial charge in [0.1, 0.15) is 5.88 Å². The molecule has 0 aromatic carbocycles. The highest BCUT2D eigenvalue weighted by atomic mass is 35.5. The molecule has 0 aliphatic carbocycles. The molecule has 0 heterocycles. The summed E-state index contributed by atoms with van der Waals surface area (Å²) in [4.78, 5) is 0. The highest BCUT2D eigenvalue weighted by Crippen LogP contribution is 2.12. The molecule has 0 atom stereocenters. The average Bonchev–Trinajstić information content (AvgIpc) is 2.30. The molecule has 0 unspecified atom stereocenters. The largest absolute Gasteiger partial charge is 1.00 e. The van der Waals surface area contributed by atoms with E-state index < -0.39 is 0 Å². The van der Waals surface area contributed by atoms with E-state index in [1.165, 1.54) is 74.0 Å². The van der Waals surface area contributed by atoms with Gasteiger partial charge in [-0.1, -0.05) is 52.4 Å². The molecule has 0 aromatic rings. The Morgan fingerprint density at radius 2 is 1.28 bits per heavy atom. The topological polar surface area (TPSA) is 0 Å². The first-order valence-electron chi connectivity index (χ1n) is 7.52. The molecule has 1 nitrogen and oxygen atoms in total. The SMILES string of the molecule is CCCCCCCCCC[N+](C)(C)CSCC.[Cl-]. The number of halogens is 1. The maximum Gasteiger partial charge on any atom is 0.125 e. The fourth-order valence-corrected chi connectivity index (χ4v) is 2.88. The third-order valence-corrected chi connectivity index (χ3v) is 4.55. The summed E-state index contributed by atoms with van der Waals surface area (Å²) in [7, 11) is 4.73. The van der Waals surface area contributed by atoms with E-state index in [9.17, 15) is 0 Å². The summed E-state index contributed by atoms with van der Waals surface area (Å²) in [6, 6.07) is 0. The van der Waals surface area contributed by atoms with Crippen LogP contribution in [0.2, 0.25) is 0 Å². The van der Waals surface area contributed by atoms with Gasteiger partial charge in [0, 0.05) is 0 Å². The first kappa shape index (κ1) is 20.9. The fourth-order valence-electron chi connectivity index (χ4n) is 2.08. The van der Waals surface area contributed by atoms with Gasteiger partial charge in [0.15, 0.2) is 0 Å². The van der Waals surface area contributed by atoms with Crippen molar-refractivity contribution in [3.63, 3.8) is 0 Å². The lowest BCUT2D eigenvalue weighted by Crippen LogP contribution is -3.00. The average molecular weight is 296 g/mol. The van der Waals surface area contributed by atoms with E-state index in [0.29, 0.717) is 0 Å². The molecule has 3 heteroatoms.